The number of urea groups is 1. The van der Waals surface area contributed by atoms with Crippen molar-refractivity contribution in [3.05, 3.63) is 69.3 Å². The molecule has 0 saturated carbocycles. The summed E-state index contributed by atoms with van der Waals surface area (Å²) < 4.78 is 15.7. The van der Waals surface area contributed by atoms with Crippen molar-refractivity contribution in [2.75, 3.05) is 20.8 Å². The molecule has 0 spiro atoms. The molecule has 162 valence electrons. The van der Waals surface area contributed by atoms with Crippen LogP contribution in [-0.2, 0) is 9.53 Å². The lowest BCUT2D eigenvalue weighted by molar-refractivity contribution is -0.385. The van der Waals surface area contributed by atoms with Gasteiger partial charge in [-0.15, -0.1) is 0 Å². The van der Waals surface area contributed by atoms with Crippen LogP contribution in [0.3, 0.4) is 0 Å². The molecular weight excluding hydrogens is 406 g/mol. The number of rotatable bonds is 7. The largest absolute Gasteiger partial charge is 0.493 e. The molecule has 2 amide bonds. The molecule has 1 aliphatic heterocycles. The minimum absolute atomic E-state index is 0.0176. The van der Waals surface area contributed by atoms with Crippen LogP contribution >= 0.6 is 0 Å². The summed E-state index contributed by atoms with van der Waals surface area (Å²) in [4.78, 5) is 36.4. The molecule has 1 heterocycles. The SMILES string of the molecule is CCOc1cc(C2NC(=O)NC(c3ccccc3)=C2C(=O)OC)c([N+](=O)[O-])cc1OC. The third-order valence-corrected chi connectivity index (χ3v) is 4.66. The van der Waals surface area contributed by atoms with Crippen LogP contribution in [0.2, 0.25) is 0 Å². The molecule has 2 aromatic rings. The maximum atomic E-state index is 12.8. The number of nitro benzene ring substituents is 1. The van der Waals surface area contributed by atoms with E-state index in [9.17, 15) is 19.7 Å². The highest BCUT2D eigenvalue weighted by Crippen LogP contribution is 2.41. The monoisotopic (exact) mass is 427 g/mol. The number of ether oxygens (including phenoxy) is 3. The zero-order valence-corrected chi connectivity index (χ0v) is 17.1. The Morgan fingerprint density at radius 2 is 1.87 bits per heavy atom. The Morgan fingerprint density at radius 1 is 1.16 bits per heavy atom. The van der Waals surface area contributed by atoms with Crippen molar-refractivity contribution in [1.82, 2.24) is 10.6 Å². The Morgan fingerprint density at radius 3 is 2.45 bits per heavy atom. The fourth-order valence-corrected chi connectivity index (χ4v) is 3.34. The molecule has 0 aromatic heterocycles. The molecule has 2 aromatic carbocycles. The normalized spacial score (nSPS) is 15.6. The van der Waals surface area contributed by atoms with Crippen molar-refractivity contribution in [2.24, 2.45) is 0 Å². The van der Waals surface area contributed by atoms with Gasteiger partial charge in [-0.05, 0) is 18.6 Å². The van der Waals surface area contributed by atoms with Gasteiger partial charge in [-0.25, -0.2) is 9.59 Å². The van der Waals surface area contributed by atoms with E-state index >= 15 is 0 Å². The second-order valence-electron chi connectivity index (χ2n) is 6.43. The zero-order chi connectivity index (χ0) is 22.5. The summed E-state index contributed by atoms with van der Waals surface area (Å²) in [5.74, 6) is -0.354. The fraction of sp³-hybridized carbons (Fsp3) is 0.238. The van der Waals surface area contributed by atoms with E-state index in [0.717, 1.165) is 0 Å². The van der Waals surface area contributed by atoms with Gasteiger partial charge in [0.25, 0.3) is 5.69 Å². The maximum absolute atomic E-state index is 12.8. The zero-order valence-electron chi connectivity index (χ0n) is 17.1. The molecule has 10 heteroatoms. The first kappa shape index (κ1) is 21.6. The first-order chi connectivity index (χ1) is 14.9. The standard InChI is InChI=1S/C21H21N3O7/c1-4-31-16-10-13(14(24(27)28)11-15(16)29-2)19-17(20(25)30-3)18(22-21(26)23-19)12-8-6-5-7-9-12/h5-11,19H,4H2,1-3H3,(H2,22,23,26). The van der Waals surface area contributed by atoms with Gasteiger partial charge < -0.3 is 24.8 Å². The van der Waals surface area contributed by atoms with Crippen LogP contribution in [0, 0.1) is 10.1 Å². The first-order valence-electron chi connectivity index (χ1n) is 9.35. The number of carbonyl (C=O) groups excluding carboxylic acids is 2. The van der Waals surface area contributed by atoms with Crippen molar-refractivity contribution < 1.29 is 28.7 Å². The molecule has 10 nitrogen and oxygen atoms in total. The summed E-state index contributed by atoms with van der Waals surface area (Å²) >= 11 is 0. The van der Waals surface area contributed by atoms with E-state index in [1.807, 2.05) is 0 Å². The van der Waals surface area contributed by atoms with Crippen LogP contribution in [0.4, 0.5) is 10.5 Å². The minimum Gasteiger partial charge on any atom is -0.493 e. The first-order valence-corrected chi connectivity index (χ1v) is 9.35. The van der Waals surface area contributed by atoms with E-state index in [1.165, 1.54) is 26.4 Å². The number of esters is 1. The van der Waals surface area contributed by atoms with Crippen molar-refractivity contribution in [2.45, 2.75) is 13.0 Å². The molecule has 1 atom stereocenters. The summed E-state index contributed by atoms with van der Waals surface area (Å²) in [6.45, 7) is 2.03. The van der Waals surface area contributed by atoms with E-state index in [1.54, 1.807) is 37.3 Å². The highest BCUT2D eigenvalue weighted by Gasteiger charge is 2.38. The van der Waals surface area contributed by atoms with E-state index in [-0.39, 0.29) is 40.6 Å². The Bertz CT molecular complexity index is 1050. The smallest absolute Gasteiger partial charge is 0.338 e. The number of hydrogen-bond acceptors (Lipinski definition) is 7. The highest BCUT2D eigenvalue weighted by molar-refractivity contribution is 6.04. The molecule has 1 aliphatic rings. The maximum Gasteiger partial charge on any atom is 0.338 e. The third kappa shape index (κ3) is 4.27. The van der Waals surface area contributed by atoms with E-state index < -0.39 is 23.0 Å². The number of carbonyl (C=O) groups is 2. The van der Waals surface area contributed by atoms with Crippen LogP contribution in [0.1, 0.15) is 24.1 Å². The van der Waals surface area contributed by atoms with Gasteiger partial charge in [-0.1, -0.05) is 30.3 Å². The van der Waals surface area contributed by atoms with E-state index in [0.29, 0.717) is 5.56 Å². The number of nitro groups is 1. The molecule has 0 bridgehead atoms. The van der Waals surface area contributed by atoms with E-state index in [4.69, 9.17) is 14.2 Å². The number of amides is 2. The van der Waals surface area contributed by atoms with E-state index in [2.05, 4.69) is 10.6 Å². The second kappa shape index (κ2) is 9.16. The molecule has 1 unspecified atom stereocenters. The lowest BCUT2D eigenvalue weighted by Crippen LogP contribution is -2.45. The highest BCUT2D eigenvalue weighted by atomic mass is 16.6. The molecule has 2 N–H and O–H groups in total. The van der Waals surface area contributed by atoms with Gasteiger partial charge in [-0.3, -0.25) is 10.1 Å². The Kier molecular flexibility index (Phi) is 6.39. The van der Waals surface area contributed by atoms with Crippen LogP contribution < -0.4 is 20.1 Å². The van der Waals surface area contributed by atoms with Crippen molar-refractivity contribution in [3.63, 3.8) is 0 Å². The van der Waals surface area contributed by atoms with Crippen LogP contribution in [0.25, 0.3) is 5.70 Å². The quantitative estimate of drug-likeness (QED) is 0.395. The predicted octanol–water partition coefficient (Wildman–Crippen LogP) is 2.94. The lowest BCUT2D eigenvalue weighted by atomic mass is 9.91. The number of benzene rings is 2. The topological polar surface area (TPSA) is 129 Å². The van der Waals surface area contributed by atoms with Gasteiger partial charge in [-0.2, -0.15) is 0 Å². The number of nitrogens with zero attached hydrogens (tertiary/aromatic N) is 1. The number of methoxy groups -OCH3 is 2. The molecular formula is C21H21N3O7. The van der Waals surface area contributed by atoms with Crippen molar-refractivity contribution in [3.8, 4) is 11.5 Å². The Hall–Kier alpha value is -4.08. The van der Waals surface area contributed by atoms with Gasteiger partial charge in [0.1, 0.15) is 0 Å². The second-order valence-corrected chi connectivity index (χ2v) is 6.43. The number of nitrogens with one attached hydrogen (secondary N) is 2. The van der Waals surface area contributed by atoms with Gasteiger partial charge in [0, 0.05) is 0 Å². The molecule has 0 aliphatic carbocycles. The van der Waals surface area contributed by atoms with Crippen molar-refractivity contribution >= 4 is 23.4 Å². The summed E-state index contributed by atoms with van der Waals surface area (Å²) in [5.41, 5.74) is 0.469. The Labute approximate surface area is 177 Å². The van der Waals surface area contributed by atoms with Gasteiger partial charge in [0.05, 0.1) is 54.7 Å². The minimum atomic E-state index is -1.16. The molecule has 31 heavy (non-hydrogen) atoms. The summed E-state index contributed by atoms with van der Waals surface area (Å²) in [7, 11) is 2.56. The number of hydrogen-bond donors (Lipinski definition) is 2. The third-order valence-electron chi connectivity index (χ3n) is 4.66. The summed E-state index contributed by atoms with van der Waals surface area (Å²) in [6.07, 6.45) is 0. The fourth-order valence-electron chi connectivity index (χ4n) is 3.34. The Balaban J connectivity index is 2.30. The van der Waals surface area contributed by atoms with Gasteiger partial charge >= 0.3 is 12.0 Å². The predicted molar refractivity (Wildman–Crippen MR) is 111 cm³/mol. The molecule has 0 saturated heterocycles. The van der Waals surface area contributed by atoms with Gasteiger partial charge in [0.15, 0.2) is 11.5 Å². The average molecular weight is 427 g/mol. The van der Waals surface area contributed by atoms with Crippen LogP contribution in [0.5, 0.6) is 11.5 Å². The van der Waals surface area contributed by atoms with Crippen LogP contribution in [-0.4, -0.2) is 37.8 Å². The van der Waals surface area contributed by atoms with Crippen LogP contribution in [0.15, 0.2) is 48.0 Å². The van der Waals surface area contributed by atoms with Crippen molar-refractivity contribution in [1.29, 1.82) is 0 Å². The average Bonchev–Trinajstić information content (AvgIpc) is 2.78. The molecule has 3 rings (SSSR count). The summed E-state index contributed by atoms with van der Waals surface area (Å²) in [5, 5.41) is 17.0. The molecule has 0 fully saturated rings. The van der Waals surface area contributed by atoms with Gasteiger partial charge in [0.2, 0.25) is 0 Å². The lowest BCUT2D eigenvalue weighted by Gasteiger charge is -2.29. The molecule has 0 radical (unpaired) electrons. The summed E-state index contributed by atoms with van der Waals surface area (Å²) in [6, 6.07) is 9.47.